The Labute approximate surface area is 191 Å². The Bertz CT molecular complexity index is 1090. The first kappa shape index (κ1) is 24.4. The van der Waals surface area contributed by atoms with E-state index in [-0.39, 0.29) is 22.5 Å². The van der Waals surface area contributed by atoms with Crippen LogP contribution >= 0.6 is 0 Å². The maximum absolute atomic E-state index is 13.1. The zero-order valence-electron chi connectivity index (χ0n) is 19.8. The fraction of sp³-hybridized carbons (Fsp3) is 0.480. The maximum atomic E-state index is 13.1. The van der Waals surface area contributed by atoms with Crippen molar-refractivity contribution >= 4 is 16.0 Å². The second-order valence-corrected chi connectivity index (χ2v) is 11.3. The lowest BCUT2D eigenvalue weighted by Crippen LogP contribution is -2.40. The van der Waals surface area contributed by atoms with Crippen molar-refractivity contribution in [2.75, 3.05) is 26.3 Å². The molecule has 7 heteroatoms. The highest BCUT2D eigenvalue weighted by Gasteiger charge is 2.28. The fourth-order valence-corrected chi connectivity index (χ4v) is 5.46. The summed E-state index contributed by atoms with van der Waals surface area (Å²) >= 11 is 0. The molecule has 0 aromatic heterocycles. The number of carbonyl (C=O) groups is 1. The quantitative estimate of drug-likeness (QED) is 0.624. The number of ether oxygens (including phenoxy) is 2. The molecule has 2 aromatic carbocycles. The minimum atomic E-state index is -3.70. The molecule has 0 aliphatic carbocycles. The van der Waals surface area contributed by atoms with E-state index in [1.807, 2.05) is 13.8 Å². The Morgan fingerprint density at radius 1 is 1.00 bits per heavy atom. The Hall–Kier alpha value is -2.22. The molecule has 6 nitrogen and oxygen atoms in total. The van der Waals surface area contributed by atoms with Crippen molar-refractivity contribution in [3.8, 4) is 0 Å². The minimum absolute atomic E-state index is 0.0367. The lowest BCUT2D eigenvalue weighted by atomic mass is 9.84. The van der Waals surface area contributed by atoms with Gasteiger partial charge in [0.25, 0.3) is 0 Å². The van der Waals surface area contributed by atoms with Crippen LogP contribution in [0.25, 0.3) is 0 Å². The second-order valence-electron chi connectivity index (χ2n) is 9.41. The van der Waals surface area contributed by atoms with Gasteiger partial charge in [-0.05, 0) is 66.1 Å². The number of esters is 1. The molecule has 1 heterocycles. The third-order valence-corrected chi connectivity index (χ3v) is 7.96. The number of carbonyl (C=O) groups excluding carboxylic acids is 1. The lowest BCUT2D eigenvalue weighted by molar-refractivity contribution is 0.0471. The standard InChI is InChI=1S/C25H33NO5S/c1-17-7-8-20(15-23(17)32(28,29)26-9-11-30-12-10-26)24(27)31-16-22-18(2)13-21(14-19(22)3)25(4,5)6/h7-8,13-15H,9-12,16H2,1-6H3. The Morgan fingerprint density at radius 2 is 1.59 bits per heavy atom. The molecular formula is C25H33NO5S. The van der Waals surface area contributed by atoms with E-state index >= 15 is 0 Å². The molecule has 1 fully saturated rings. The first-order chi connectivity index (χ1) is 14.9. The molecular weight excluding hydrogens is 426 g/mol. The Balaban J connectivity index is 1.80. The largest absolute Gasteiger partial charge is 0.457 e. The van der Waals surface area contributed by atoms with Gasteiger partial charge in [0, 0.05) is 13.1 Å². The zero-order valence-corrected chi connectivity index (χ0v) is 20.6. The van der Waals surface area contributed by atoms with Crippen molar-refractivity contribution in [1.82, 2.24) is 4.31 Å². The minimum Gasteiger partial charge on any atom is -0.457 e. The van der Waals surface area contributed by atoms with Crippen LogP contribution in [0.4, 0.5) is 0 Å². The molecule has 0 atom stereocenters. The van der Waals surface area contributed by atoms with E-state index in [2.05, 4.69) is 32.9 Å². The van der Waals surface area contributed by atoms with Crippen molar-refractivity contribution in [2.45, 2.75) is 58.5 Å². The molecule has 0 bridgehead atoms. The van der Waals surface area contributed by atoms with Crippen molar-refractivity contribution in [1.29, 1.82) is 0 Å². The number of nitrogens with zero attached hydrogens (tertiary/aromatic N) is 1. The molecule has 1 aliphatic rings. The summed E-state index contributed by atoms with van der Waals surface area (Å²) in [6, 6.07) is 8.95. The van der Waals surface area contributed by atoms with E-state index in [0.717, 1.165) is 16.7 Å². The summed E-state index contributed by atoms with van der Waals surface area (Å²) in [7, 11) is -3.70. The number of aryl methyl sites for hydroxylation is 3. The molecule has 0 N–H and O–H groups in total. The van der Waals surface area contributed by atoms with E-state index in [4.69, 9.17) is 9.47 Å². The first-order valence-electron chi connectivity index (χ1n) is 10.9. The highest BCUT2D eigenvalue weighted by molar-refractivity contribution is 7.89. The molecule has 174 valence electrons. The van der Waals surface area contributed by atoms with Crippen LogP contribution in [-0.2, 0) is 31.5 Å². The van der Waals surface area contributed by atoms with Crippen LogP contribution in [0.3, 0.4) is 0 Å². The number of hydrogen-bond acceptors (Lipinski definition) is 5. The highest BCUT2D eigenvalue weighted by atomic mass is 32.2. The van der Waals surface area contributed by atoms with Crippen LogP contribution in [-0.4, -0.2) is 45.0 Å². The average Bonchev–Trinajstić information content (AvgIpc) is 2.73. The summed E-state index contributed by atoms with van der Waals surface area (Å²) in [4.78, 5) is 12.9. The number of morpholine rings is 1. The summed E-state index contributed by atoms with van der Waals surface area (Å²) in [5.74, 6) is -0.540. The molecule has 0 spiro atoms. The SMILES string of the molecule is Cc1ccc(C(=O)OCc2c(C)cc(C(C)(C)C)cc2C)cc1S(=O)(=O)N1CCOCC1. The zero-order chi connectivity index (χ0) is 23.7. The molecule has 0 radical (unpaired) electrons. The number of hydrogen-bond donors (Lipinski definition) is 0. The summed E-state index contributed by atoms with van der Waals surface area (Å²) in [6.45, 7) is 13.8. The second kappa shape index (κ2) is 9.33. The average molecular weight is 460 g/mol. The fourth-order valence-electron chi connectivity index (χ4n) is 3.81. The molecule has 2 aromatic rings. The smallest absolute Gasteiger partial charge is 0.338 e. The van der Waals surface area contributed by atoms with Gasteiger partial charge >= 0.3 is 5.97 Å². The third kappa shape index (κ3) is 5.22. The van der Waals surface area contributed by atoms with E-state index in [1.54, 1.807) is 19.1 Å². The third-order valence-electron chi connectivity index (χ3n) is 5.92. The van der Waals surface area contributed by atoms with Crippen LogP contribution in [0.15, 0.2) is 35.2 Å². The van der Waals surface area contributed by atoms with Gasteiger partial charge in [0.1, 0.15) is 6.61 Å². The number of benzene rings is 2. The maximum Gasteiger partial charge on any atom is 0.338 e. The van der Waals surface area contributed by atoms with Crippen molar-refractivity contribution in [3.05, 3.63) is 63.7 Å². The van der Waals surface area contributed by atoms with E-state index in [0.29, 0.717) is 31.9 Å². The lowest BCUT2D eigenvalue weighted by Gasteiger charge is -2.26. The van der Waals surface area contributed by atoms with Crippen LogP contribution in [0.5, 0.6) is 0 Å². The van der Waals surface area contributed by atoms with Crippen molar-refractivity contribution < 1.29 is 22.7 Å². The normalized spacial score (nSPS) is 15.6. The Kier molecular flexibility index (Phi) is 7.12. The topological polar surface area (TPSA) is 72.9 Å². The number of sulfonamides is 1. The molecule has 0 saturated carbocycles. The molecule has 0 unspecified atom stereocenters. The molecule has 3 rings (SSSR count). The van der Waals surface area contributed by atoms with Crippen molar-refractivity contribution in [2.24, 2.45) is 0 Å². The van der Waals surface area contributed by atoms with Gasteiger partial charge in [-0.1, -0.05) is 39.0 Å². The number of rotatable bonds is 5. The Morgan fingerprint density at radius 3 is 2.16 bits per heavy atom. The van der Waals surface area contributed by atoms with E-state index in [1.165, 1.54) is 15.9 Å². The van der Waals surface area contributed by atoms with Crippen molar-refractivity contribution in [3.63, 3.8) is 0 Å². The summed E-state index contributed by atoms with van der Waals surface area (Å²) in [5.41, 5.74) is 5.21. The molecule has 1 saturated heterocycles. The van der Waals surface area contributed by atoms with Gasteiger partial charge in [0.2, 0.25) is 10.0 Å². The molecule has 32 heavy (non-hydrogen) atoms. The predicted octanol–water partition coefficient (Wildman–Crippen LogP) is 4.29. The van der Waals surface area contributed by atoms with Gasteiger partial charge in [-0.15, -0.1) is 0 Å². The summed E-state index contributed by atoms with van der Waals surface area (Å²) in [5, 5.41) is 0. The van der Waals surface area contributed by atoms with Gasteiger partial charge in [-0.3, -0.25) is 0 Å². The van der Waals surface area contributed by atoms with Gasteiger partial charge in [0.15, 0.2) is 0 Å². The van der Waals surface area contributed by atoms with Crippen LogP contribution in [0.1, 0.15) is 58.9 Å². The van der Waals surface area contributed by atoms with E-state index < -0.39 is 16.0 Å². The summed E-state index contributed by atoms with van der Waals surface area (Å²) < 4.78 is 38.4. The van der Waals surface area contributed by atoms with Crippen LogP contribution < -0.4 is 0 Å². The summed E-state index contributed by atoms with van der Waals surface area (Å²) in [6.07, 6.45) is 0. The van der Waals surface area contributed by atoms with Gasteiger partial charge in [0.05, 0.1) is 23.7 Å². The highest BCUT2D eigenvalue weighted by Crippen LogP contribution is 2.28. The predicted molar refractivity (Wildman–Crippen MR) is 124 cm³/mol. The van der Waals surface area contributed by atoms with Gasteiger partial charge in [-0.25, -0.2) is 13.2 Å². The molecule has 1 aliphatic heterocycles. The van der Waals surface area contributed by atoms with Crippen LogP contribution in [0, 0.1) is 20.8 Å². The first-order valence-corrected chi connectivity index (χ1v) is 12.3. The van der Waals surface area contributed by atoms with E-state index in [9.17, 15) is 13.2 Å². The van der Waals surface area contributed by atoms with Crippen LogP contribution in [0.2, 0.25) is 0 Å². The van der Waals surface area contributed by atoms with Gasteiger partial charge in [-0.2, -0.15) is 4.31 Å². The molecule has 0 amide bonds. The van der Waals surface area contributed by atoms with Gasteiger partial charge < -0.3 is 9.47 Å². The monoisotopic (exact) mass is 459 g/mol.